The van der Waals surface area contributed by atoms with Crippen LogP contribution < -0.4 is 4.18 Å². The first kappa shape index (κ1) is 11.8. The molecular formula is C13H12O3S. The zero-order valence-corrected chi connectivity index (χ0v) is 10.4. The van der Waals surface area contributed by atoms with Crippen molar-refractivity contribution in [1.82, 2.24) is 0 Å². The summed E-state index contributed by atoms with van der Waals surface area (Å²) in [7, 11) is 1.38. The molecule has 0 unspecified atom stereocenters. The maximum Gasteiger partial charge on any atom is 0.337 e. The van der Waals surface area contributed by atoms with E-state index in [-0.39, 0.29) is 5.97 Å². The van der Waals surface area contributed by atoms with Gasteiger partial charge in [-0.1, -0.05) is 12.1 Å². The number of esters is 1. The number of hydrogen-bond donors (Lipinski definition) is 0. The van der Waals surface area contributed by atoms with Crippen LogP contribution >= 0.6 is 12.0 Å². The van der Waals surface area contributed by atoms with E-state index < -0.39 is 0 Å². The third kappa shape index (κ3) is 2.53. The van der Waals surface area contributed by atoms with Crippen LogP contribution in [0.25, 0.3) is 10.8 Å². The highest BCUT2D eigenvalue weighted by Crippen LogP contribution is 2.24. The van der Waals surface area contributed by atoms with Crippen LogP contribution in [-0.2, 0) is 4.74 Å². The number of benzene rings is 2. The molecule has 0 fully saturated rings. The Hall–Kier alpha value is -1.68. The van der Waals surface area contributed by atoms with Crippen LogP contribution in [0.15, 0.2) is 36.4 Å². The number of hydrogen-bond acceptors (Lipinski definition) is 4. The first-order chi connectivity index (χ1) is 8.24. The van der Waals surface area contributed by atoms with Crippen LogP contribution in [0.3, 0.4) is 0 Å². The van der Waals surface area contributed by atoms with Gasteiger partial charge in [0.2, 0.25) is 0 Å². The summed E-state index contributed by atoms with van der Waals surface area (Å²) >= 11 is 1.30. The number of ether oxygens (including phenoxy) is 1. The second-order valence-corrected chi connectivity index (χ2v) is 3.97. The van der Waals surface area contributed by atoms with E-state index in [2.05, 4.69) is 4.74 Å². The van der Waals surface area contributed by atoms with Gasteiger partial charge in [0.25, 0.3) is 0 Å². The topological polar surface area (TPSA) is 35.5 Å². The summed E-state index contributed by atoms with van der Waals surface area (Å²) in [5.41, 5.74) is 0.554. The average Bonchev–Trinajstić information content (AvgIpc) is 2.37. The summed E-state index contributed by atoms with van der Waals surface area (Å²) in [5, 5.41) is 2.02. The van der Waals surface area contributed by atoms with Crippen molar-refractivity contribution < 1.29 is 13.7 Å². The van der Waals surface area contributed by atoms with Crippen molar-refractivity contribution in [3.8, 4) is 5.75 Å². The molecule has 0 heterocycles. The summed E-state index contributed by atoms with van der Waals surface area (Å²) < 4.78 is 10.0. The molecule has 0 N–H and O–H groups in total. The smallest absolute Gasteiger partial charge is 0.337 e. The first-order valence-electron chi connectivity index (χ1n) is 5.07. The Labute approximate surface area is 104 Å². The van der Waals surface area contributed by atoms with Crippen LogP contribution in [0.2, 0.25) is 0 Å². The van der Waals surface area contributed by atoms with Crippen molar-refractivity contribution in [3.05, 3.63) is 42.0 Å². The lowest BCUT2D eigenvalue weighted by Gasteiger charge is -2.05. The Balaban J connectivity index is 2.43. The second-order valence-electron chi connectivity index (χ2n) is 3.47. The van der Waals surface area contributed by atoms with Crippen molar-refractivity contribution in [2.24, 2.45) is 0 Å². The lowest BCUT2D eigenvalue weighted by molar-refractivity contribution is 0.0601. The molecule has 0 spiro atoms. The van der Waals surface area contributed by atoms with Crippen molar-refractivity contribution in [2.45, 2.75) is 0 Å². The summed E-state index contributed by atoms with van der Waals surface area (Å²) in [4.78, 5) is 11.4. The fourth-order valence-corrected chi connectivity index (χ4v) is 1.91. The molecule has 17 heavy (non-hydrogen) atoms. The summed E-state index contributed by atoms with van der Waals surface area (Å²) in [6, 6.07) is 11.2. The Morgan fingerprint density at radius 1 is 1.12 bits per heavy atom. The van der Waals surface area contributed by atoms with Crippen LogP contribution in [0.5, 0.6) is 5.75 Å². The number of rotatable bonds is 3. The molecule has 0 radical (unpaired) electrons. The maximum atomic E-state index is 11.4. The van der Waals surface area contributed by atoms with E-state index in [1.165, 1.54) is 19.2 Å². The number of carbonyl (C=O) groups excluding carboxylic acids is 1. The van der Waals surface area contributed by atoms with Gasteiger partial charge in [-0.05, 0) is 35.0 Å². The molecule has 0 aromatic heterocycles. The standard InChI is InChI=1S/C13H12O3S/c1-15-13(14)11-4-3-10-8-12(16-17-2)6-5-9(10)7-11/h3-8H,1-2H3. The Kier molecular flexibility index (Phi) is 3.54. The number of methoxy groups -OCH3 is 1. The third-order valence-electron chi connectivity index (χ3n) is 2.41. The molecule has 0 amide bonds. The summed E-state index contributed by atoms with van der Waals surface area (Å²) in [6.07, 6.45) is 1.87. The van der Waals surface area contributed by atoms with Crippen molar-refractivity contribution in [1.29, 1.82) is 0 Å². The Morgan fingerprint density at radius 3 is 2.53 bits per heavy atom. The van der Waals surface area contributed by atoms with Crippen molar-refractivity contribution in [3.63, 3.8) is 0 Å². The highest BCUT2D eigenvalue weighted by atomic mass is 32.2. The zero-order valence-electron chi connectivity index (χ0n) is 9.60. The largest absolute Gasteiger partial charge is 0.465 e. The molecule has 0 aliphatic rings. The summed E-state index contributed by atoms with van der Waals surface area (Å²) in [6.45, 7) is 0. The van der Waals surface area contributed by atoms with Crippen LogP contribution in [0, 0.1) is 0 Å². The minimum absolute atomic E-state index is 0.323. The van der Waals surface area contributed by atoms with Gasteiger partial charge in [0.1, 0.15) is 5.75 Å². The second kappa shape index (κ2) is 5.10. The normalized spacial score (nSPS) is 10.2. The molecule has 0 aliphatic carbocycles. The van der Waals surface area contributed by atoms with E-state index in [9.17, 15) is 4.79 Å². The summed E-state index contributed by atoms with van der Waals surface area (Å²) in [5.74, 6) is 0.479. The first-order valence-corrected chi connectivity index (χ1v) is 6.22. The van der Waals surface area contributed by atoms with Crippen molar-refractivity contribution in [2.75, 3.05) is 13.4 Å². The molecule has 0 atom stereocenters. The van der Waals surface area contributed by atoms with E-state index in [4.69, 9.17) is 4.18 Å². The fourth-order valence-electron chi connectivity index (χ4n) is 1.62. The molecule has 0 saturated heterocycles. The van der Waals surface area contributed by atoms with Crippen molar-refractivity contribution >= 4 is 28.8 Å². The molecule has 2 aromatic rings. The van der Waals surface area contributed by atoms with Gasteiger partial charge < -0.3 is 8.92 Å². The van der Waals surface area contributed by atoms with E-state index >= 15 is 0 Å². The highest BCUT2D eigenvalue weighted by Gasteiger charge is 2.06. The quantitative estimate of drug-likeness (QED) is 0.617. The van der Waals surface area contributed by atoms with Crippen LogP contribution in [0.1, 0.15) is 10.4 Å². The number of carbonyl (C=O) groups is 1. The Bertz CT molecular complexity index is 551. The molecule has 3 nitrogen and oxygen atoms in total. The van der Waals surface area contributed by atoms with E-state index in [1.54, 1.807) is 6.07 Å². The molecular weight excluding hydrogens is 236 g/mol. The molecule has 0 bridgehead atoms. The van der Waals surface area contributed by atoms with Gasteiger partial charge >= 0.3 is 5.97 Å². The lowest BCUT2D eigenvalue weighted by atomic mass is 10.1. The SMILES string of the molecule is COC(=O)c1ccc2cc(OSC)ccc2c1. The van der Waals surface area contributed by atoms with Gasteiger partial charge in [-0.15, -0.1) is 0 Å². The molecule has 0 saturated carbocycles. The van der Waals surface area contributed by atoms with Gasteiger partial charge in [-0.25, -0.2) is 4.79 Å². The monoisotopic (exact) mass is 248 g/mol. The van der Waals surface area contributed by atoms with E-state index in [0.29, 0.717) is 5.56 Å². The number of fused-ring (bicyclic) bond motifs is 1. The van der Waals surface area contributed by atoms with Gasteiger partial charge in [-0.3, -0.25) is 0 Å². The molecule has 0 aliphatic heterocycles. The third-order valence-corrected chi connectivity index (χ3v) is 2.77. The fraction of sp³-hybridized carbons (Fsp3) is 0.154. The Morgan fingerprint density at radius 2 is 1.82 bits per heavy atom. The maximum absolute atomic E-state index is 11.4. The predicted molar refractivity (Wildman–Crippen MR) is 69.4 cm³/mol. The highest BCUT2D eigenvalue weighted by molar-refractivity contribution is 7.94. The van der Waals surface area contributed by atoms with E-state index in [1.807, 2.05) is 36.6 Å². The van der Waals surface area contributed by atoms with Gasteiger partial charge in [0, 0.05) is 6.26 Å². The van der Waals surface area contributed by atoms with Gasteiger partial charge in [0.15, 0.2) is 0 Å². The molecule has 88 valence electrons. The van der Waals surface area contributed by atoms with Gasteiger partial charge in [-0.2, -0.15) is 0 Å². The average molecular weight is 248 g/mol. The van der Waals surface area contributed by atoms with Crippen LogP contribution in [-0.4, -0.2) is 19.3 Å². The van der Waals surface area contributed by atoms with Crippen LogP contribution in [0.4, 0.5) is 0 Å². The lowest BCUT2D eigenvalue weighted by Crippen LogP contribution is -2.00. The zero-order chi connectivity index (χ0) is 12.3. The van der Waals surface area contributed by atoms with Gasteiger partial charge in [0.05, 0.1) is 24.7 Å². The predicted octanol–water partition coefficient (Wildman–Crippen LogP) is 3.28. The minimum Gasteiger partial charge on any atom is -0.465 e. The molecule has 2 rings (SSSR count). The van der Waals surface area contributed by atoms with E-state index in [0.717, 1.165) is 16.5 Å². The molecule has 4 heteroatoms. The molecule has 2 aromatic carbocycles. The minimum atomic E-state index is -0.323.